The number of H-pyrrole nitrogens is 1. The first kappa shape index (κ1) is 32.1. The number of hydrogen-bond acceptors (Lipinski definition) is 7. The third-order valence-electron chi connectivity index (χ3n) is 9.57. The van der Waals surface area contributed by atoms with Crippen molar-refractivity contribution in [2.75, 3.05) is 11.9 Å². The van der Waals surface area contributed by atoms with E-state index in [2.05, 4.69) is 36.6 Å². The Morgan fingerprint density at radius 3 is 2.26 bits per heavy atom. The summed E-state index contributed by atoms with van der Waals surface area (Å²) >= 11 is 0. The topological polar surface area (TPSA) is 168 Å². The summed E-state index contributed by atoms with van der Waals surface area (Å²) in [5, 5.41) is 23.1. The molecular formula is C36H42N8O3. The highest BCUT2D eigenvalue weighted by Gasteiger charge is 2.29. The van der Waals surface area contributed by atoms with Crippen LogP contribution in [0.15, 0.2) is 66.7 Å². The Hall–Kier alpha value is -4.90. The van der Waals surface area contributed by atoms with Gasteiger partial charge in [-0.15, -0.1) is 10.2 Å². The Kier molecular flexibility index (Phi) is 10.0. The Morgan fingerprint density at radius 1 is 0.915 bits per heavy atom. The summed E-state index contributed by atoms with van der Waals surface area (Å²) < 4.78 is 0. The molecule has 1 unspecified atom stereocenters. The Balaban J connectivity index is 1.15. The number of hydrogen-bond donors (Lipinski definition) is 5. The lowest BCUT2D eigenvalue weighted by molar-refractivity contribution is -0.130. The minimum atomic E-state index is -0.771. The van der Waals surface area contributed by atoms with Crippen LogP contribution in [0.5, 0.6) is 0 Å². The van der Waals surface area contributed by atoms with E-state index in [0.29, 0.717) is 42.0 Å². The van der Waals surface area contributed by atoms with Gasteiger partial charge >= 0.3 is 0 Å². The highest BCUT2D eigenvalue weighted by atomic mass is 16.2. The molecule has 0 bridgehead atoms. The number of tetrazole rings is 1. The van der Waals surface area contributed by atoms with E-state index in [4.69, 9.17) is 5.73 Å². The lowest BCUT2D eigenvalue weighted by Gasteiger charge is -2.28. The zero-order chi connectivity index (χ0) is 32.8. The molecule has 11 nitrogen and oxygen atoms in total. The molecule has 2 saturated carbocycles. The van der Waals surface area contributed by atoms with Gasteiger partial charge in [-0.2, -0.15) is 5.21 Å². The normalized spacial score (nSPS) is 18.5. The number of carbonyl (C=O) groups is 3. The molecule has 11 heteroatoms. The van der Waals surface area contributed by atoms with Crippen LogP contribution in [0.1, 0.15) is 66.4 Å². The van der Waals surface area contributed by atoms with Crippen molar-refractivity contribution in [2.45, 2.75) is 70.4 Å². The quantitative estimate of drug-likeness (QED) is 0.161. The van der Waals surface area contributed by atoms with Gasteiger partial charge in [0.05, 0.1) is 0 Å². The maximum absolute atomic E-state index is 13.6. The molecule has 0 spiro atoms. The predicted octanol–water partition coefficient (Wildman–Crippen LogP) is 4.56. The minimum absolute atomic E-state index is 0.0265. The van der Waals surface area contributed by atoms with Gasteiger partial charge in [0.25, 0.3) is 5.91 Å². The molecule has 4 aromatic rings. The van der Waals surface area contributed by atoms with Crippen molar-refractivity contribution in [1.29, 1.82) is 0 Å². The van der Waals surface area contributed by atoms with Gasteiger partial charge in [0.2, 0.25) is 17.6 Å². The average molecular weight is 635 g/mol. The molecule has 0 aliphatic heterocycles. The van der Waals surface area contributed by atoms with Crippen LogP contribution in [0.3, 0.4) is 0 Å². The van der Waals surface area contributed by atoms with Crippen molar-refractivity contribution in [2.24, 2.45) is 17.6 Å². The molecule has 2 aliphatic carbocycles. The lowest BCUT2D eigenvalue weighted by Crippen LogP contribution is -2.48. The van der Waals surface area contributed by atoms with Gasteiger partial charge in [-0.1, -0.05) is 30.3 Å². The number of aryl methyl sites for hydroxylation is 1. The van der Waals surface area contributed by atoms with E-state index in [1.807, 2.05) is 49.4 Å². The molecule has 0 radical (unpaired) electrons. The number of aromatic amines is 1. The molecule has 1 atom stereocenters. The number of nitrogens with two attached hydrogens (primary N) is 1. The number of amides is 3. The van der Waals surface area contributed by atoms with E-state index in [9.17, 15) is 14.4 Å². The molecule has 6 rings (SSSR count). The number of anilines is 1. The number of benzene rings is 3. The fourth-order valence-corrected chi connectivity index (χ4v) is 6.38. The van der Waals surface area contributed by atoms with Crippen LogP contribution in [-0.2, 0) is 16.0 Å². The highest BCUT2D eigenvalue weighted by Crippen LogP contribution is 2.29. The first-order valence-corrected chi connectivity index (χ1v) is 16.5. The second kappa shape index (κ2) is 14.7. The van der Waals surface area contributed by atoms with Gasteiger partial charge in [0, 0.05) is 35.2 Å². The fourth-order valence-electron chi connectivity index (χ4n) is 6.38. The molecule has 244 valence electrons. The molecule has 6 N–H and O–H groups in total. The second-order valence-electron chi connectivity index (χ2n) is 12.8. The van der Waals surface area contributed by atoms with Crippen molar-refractivity contribution >= 4 is 23.4 Å². The fraction of sp³-hybridized carbons (Fsp3) is 0.389. The van der Waals surface area contributed by atoms with Gasteiger partial charge < -0.3 is 21.7 Å². The van der Waals surface area contributed by atoms with Crippen molar-refractivity contribution in [3.05, 3.63) is 83.4 Å². The number of rotatable bonds is 11. The van der Waals surface area contributed by atoms with Crippen molar-refractivity contribution in [1.82, 2.24) is 31.3 Å². The summed E-state index contributed by atoms with van der Waals surface area (Å²) in [6.45, 7) is 2.65. The minimum Gasteiger partial charge on any atom is -0.349 e. The van der Waals surface area contributed by atoms with E-state index in [0.717, 1.165) is 66.3 Å². The molecule has 1 heterocycles. The molecule has 3 aromatic carbocycles. The standard InChI is InChI=1S/C36H42N8O3/c1-22-19-28(35(46)38-29-3-2-4-29)15-18-31(22)25-9-5-23(6-10-25)20-32(40-34(45)27-11-7-24(21-37)8-12-27)36(47)39-30-16-13-26(14-17-30)33-41-43-44-42-33/h5-6,9-10,13-19,24,27,29,32H,2-4,7-8,11-12,20-21,37H2,1H3,(H,38,46)(H,39,47)(H,40,45)(H,41,42,43,44). The number of nitrogens with one attached hydrogen (secondary N) is 4. The van der Waals surface area contributed by atoms with Crippen LogP contribution in [0, 0.1) is 18.8 Å². The van der Waals surface area contributed by atoms with Crippen LogP contribution in [0.25, 0.3) is 22.5 Å². The smallest absolute Gasteiger partial charge is 0.251 e. The summed E-state index contributed by atoms with van der Waals surface area (Å²) in [7, 11) is 0. The molecule has 2 aliphatic rings. The highest BCUT2D eigenvalue weighted by molar-refractivity contribution is 5.98. The summed E-state index contributed by atoms with van der Waals surface area (Å²) in [6, 6.07) is 20.5. The maximum Gasteiger partial charge on any atom is 0.251 e. The van der Waals surface area contributed by atoms with Gasteiger partial charge in [-0.3, -0.25) is 14.4 Å². The Labute approximate surface area is 274 Å². The van der Waals surface area contributed by atoms with Crippen LogP contribution in [0.2, 0.25) is 0 Å². The largest absolute Gasteiger partial charge is 0.349 e. The third kappa shape index (κ3) is 7.91. The number of aromatic nitrogens is 4. The zero-order valence-corrected chi connectivity index (χ0v) is 26.7. The lowest BCUT2D eigenvalue weighted by atomic mass is 9.81. The molecular weight excluding hydrogens is 592 g/mol. The van der Waals surface area contributed by atoms with E-state index in [-0.39, 0.29) is 23.6 Å². The second-order valence-corrected chi connectivity index (χ2v) is 12.8. The summed E-state index contributed by atoms with van der Waals surface area (Å²) in [5.41, 5.74) is 11.9. The Morgan fingerprint density at radius 2 is 1.64 bits per heavy atom. The molecule has 1 aromatic heterocycles. The summed E-state index contributed by atoms with van der Waals surface area (Å²) in [4.78, 5) is 39.7. The van der Waals surface area contributed by atoms with Crippen LogP contribution in [0.4, 0.5) is 5.69 Å². The predicted molar refractivity (Wildman–Crippen MR) is 180 cm³/mol. The summed E-state index contributed by atoms with van der Waals surface area (Å²) in [6.07, 6.45) is 6.99. The first-order chi connectivity index (χ1) is 22.9. The molecule has 3 amide bonds. The van der Waals surface area contributed by atoms with Crippen LogP contribution in [-0.4, -0.2) is 57.0 Å². The van der Waals surface area contributed by atoms with Crippen molar-refractivity contribution in [3.8, 4) is 22.5 Å². The molecule has 2 fully saturated rings. The number of nitrogens with zero attached hydrogens (tertiary/aromatic N) is 3. The molecule has 47 heavy (non-hydrogen) atoms. The summed E-state index contributed by atoms with van der Waals surface area (Å²) in [5.74, 6) is 0.365. The first-order valence-electron chi connectivity index (χ1n) is 16.5. The zero-order valence-electron chi connectivity index (χ0n) is 26.7. The maximum atomic E-state index is 13.6. The van der Waals surface area contributed by atoms with Crippen LogP contribution < -0.4 is 21.7 Å². The number of carbonyl (C=O) groups excluding carboxylic acids is 3. The monoisotopic (exact) mass is 634 g/mol. The van der Waals surface area contributed by atoms with Crippen molar-refractivity contribution in [3.63, 3.8) is 0 Å². The van der Waals surface area contributed by atoms with Gasteiger partial charge in [0.15, 0.2) is 0 Å². The SMILES string of the molecule is Cc1cc(C(=O)NC2CCC2)ccc1-c1ccc(CC(NC(=O)C2CCC(CN)CC2)C(=O)Nc2ccc(-c3nn[nH]n3)cc2)cc1. The van der Waals surface area contributed by atoms with Gasteiger partial charge in [-0.05, 0) is 128 Å². The van der Waals surface area contributed by atoms with Crippen molar-refractivity contribution < 1.29 is 14.4 Å². The van der Waals surface area contributed by atoms with E-state index < -0.39 is 6.04 Å². The van der Waals surface area contributed by atoms with E-state index in [1.165, 1.54) is 6.42 Å². The van der Waals surface area contributed by atoms with Crippen LogP contribution >= 0.6 is 0 Å². The Bertz CT molecular complexity index is 1680. The van der Waals surface area contributed by atoms with Gasteiger partial charge in [-0.25, -0.2) is 0 Å². The average Bonchev–Trinajstić information content (AvgIpc) is 3.62. The van der Waals surface area contributed by atoms with E-state index >= 15 is 0 Å². The molecule has 0 saturated heterocycles. The van der Waals surface area contributed by atoms with Gasteiger partial charge in [0.1, 0.15) is 6.04 Å². The third-order valence-corrected chi connectivity index (χ3v) is 9.57. The van der Waals surface area contributed by atoms with E-state index in [1.54, 1.807) is 24.3 Å².